The van der Waals surface area contributed by atoms with Crippen molar-refractivity contribution in [2.75, 3.05) is 0 Å². The van der Waals surface area contributed by atoms with Crippen molar-refractivity contribution >= 4 is 11.8 Å². The van der Waals surface area contributed by atoms with Crippen LogP contribution in [0.25, 0.3) is 0 Å². The van der Waals surface area contributed by atoms with Gasteiger partial charge < -0.3 is 20.1 Å². The smallest absolute Gasteiger partial charge is 0.406 e. The summed E-state index contributed by atoms with van der Waals surface area (Å²) in [6, 6.07) is 11.1. The van der Waals surface area contributed by atoms with E-state index >= 15 is 0 Å². The lowest BCUT2D eigenvalue weighted by molar-refractivity contribution is -0.275. The fraction of sp³-hybridized carbons (Fsp3) is 0.182. The number of ether oxygens (including phenoxy) is 2. The number of benzene rings is 2. The van der Waals surface area contributed by atoms with Gasteiger partial charge in [-0.15, -0.1) is 26.3 Å². The lowest BCUT2D eigenvalue weighted by Crippen LogP contribution is -2.27. The van der Waals surface area contributed by atoms with Gasteiger partial charge in [-0.2, -0.15) is 0 Å². The van der Waals surface area contributed by atoms with E-state index in [9.17, 15) is 35.9 Å². The zero-order chi connectivity index (χ0) is 26.3. The molecule has 0 unspecified atom stereocenters. The van der Waals surface area contributed by atoms with Crippen LogP contribution in [0.2, 0.25) is 0 Å². The van der Waals surface area contributed by atoms with Gasteiger partial charge in [0.2, 0.25) is 0 Å². The number of alkyl halides is 6. The lowest BCUT2D eigenvalue weighted by Gasteiger charge is -2.11. The Labute approximate surface area is 199 Å². The fourth-order valence-electron chi connectivity index (χ4n) is 2.86. The van der Waals surface area contributed by atoms with Crippen molar-refractivity contribution < 1.29 is 45.4 Å². The number of nitrogens with one attached hydrogen (secondary N) is 2. The van der Waals surface area contributed by atoms with Gasteiger partial charge in [-0.3, -0.25) is 9.59 Å². The Bertz CT molecular complexity index is 1140. The number of halogens is 6. The Hall–Kier alpha value is -4.36. The van der Waals surface area contributed by atoms with E-state index in [1.165, 1.54) is 24.3 Å². The van der Waals surface area contributed by atoms with Crippen LogP contribution < -0.4 is 20.1 Å². The summed E-state index contributed by atoms with van der Waals surface area (Å²) in [5, 5.41) is 4.90. The second kappa shape index (κ2) is 10.9. The minimum atomic E-state index is -4.86. The maximum atomic E-state index is 12.4. The van der Waals surface area contributed by atoms with Gasteiger partial charge in [0, 0.05) is 19.2 Å². The van der Waals surface area contributed by atoms with E-state index in [0.29, 0.717) is 11.1 Å². The van der Waals surface area contributed by atoms with Crippen LogP contribution in [0, 0.1) is 0 Å². The van der Waals surface area contributed by atoms with Crippen molar-refractivity contribution in [3.05, 3.63) is 83.4 Å². The Morgan fingerprint density at radius 1 is 0.694 bits per heavy atom. The van der Waals surface area contributed by atoms with E-state index in [0.717, 1.165) is 36.7 Å². The fourth-order valence-corrected chi connectivity index (χ4v) is 2.86. The molecule has 2 amide bonds. The van der Waals surface area contributed by atoms with Crippen molar-refractivity contribution in [3.63, 3.8) is 0 Å². The van der Waals surface area contributed by atoms with E-state index in [-0.39, 0.29) is 24.5 Å². The minimum Gasteiger partial charge on any atom is -0.406 e. The van der Waals surface area contributed by atoms with Crippen LogP contribution >= 0.6 is 0 Å². The third kappa shape index (κ3) is 8.45. The molecule has 0 aliphatic heterocycles. The molecular weight excluding hydrogens is 498 g/mol. The van der Waals surface area contributed by atoms with E-state index in [4.69, 9.17) is 0 Å². The average molecular weight is 514 g/mol. The Morgan fingerprint density at radius 2 is 1.11 bits per heavy atom. The molecule has 0 saturated heterocycles. The first-order chi connectivity index (χ1) is 16.9. The molecule has 0 fully saturated rings. The van der Waals surface area contributed by atoms with Gasteiger partial charge in [0.05, 0.1) is 0 Å². The quantitative estimate of drug-likeness (QED) is 0.439. The molecule has 0 aliphatic rings. The van der Waals surface area contributed by atoms with Crippen molar-refractivity contribution in [1.82, 2.24) is 20.6 Å². The van der Waals surface area contributed by atoms with Gasteiger partial charge >= 0.3 is 12.7 Å². The second-order valence-corrected chi connectivity index (χ2v) is 7.04. The number of nitrogens with zero attached hydrogens (tertiary/aromatic N) is 2. The van der Waals surface area contributed by atoms with E-state index in [1.807, 2.05) is 0 Å². The summed E-state index contributed by atoms with van der Waals surface area (Å²) < 4.78 is 81.8. The van der Waals surface area contributed by atoms with Crippen molar-refractivity contribution in [1.29, 1.82) is 0 Å². The Morgan fingerprint density at radius 3 is 1.50 bits per heavy atom. The minimum absolute atomic E-state index is 0.157. The molecule has 1 heterocycles. The molecule has 0 radical (unpaired) electrons. The molecule has 3 rings (SSSR count). The van der Waals surface area contributed by atoms with Crippen LogP contribution in [0.1, 0.15) is 32.1 Å². The number of rotatable bonds is 8. The Balaban J connectivity index is 1.58. The van der Waals surface area contributed by atoms with Crippen LogP contribution in [0.5, 0.6) is 11.5 Å². The number of amides is 2. The monoisotopic (exact) mass is 514 g/mol. The van der Waals surface area contributed by atoms with Gasteiger partial charge in [-0.1, -0.05) is 24.3 Å². The summed E-state index contributed by atoms with van der Waals surface area (Å²) in [7, 11) is 0. The first-order valence-electron chi connectivity index (χ1n) is 9.96. The molecule has 8 nitrogen and oxygen atoms in total. The van der Waals surface area contributed by atoms with Gasteiger partial charge in [-0.25, -0.2) is 9.97 Å². The molecule has 14 heteroatoms. The van der Waals surface area contributed by atoms with Crippen LogP contribution in [-0.4, -0.2) is 34.5 Å². The molecule has 0 spiro atoms. The SMILES string of the molecule is O=C(NCc1cccc(OC(F)(F)F)c1)c1cc(C(=O)NCc2cccc(OC(F)(F)F)c2)ncn1. The lowest BCUT2D eigenvalue weighted by atomic mass is 10.2. The van der Waals surface area contributed by atoms with Crippen molar-refractivity contribution in [3.8, 4) is 11.5 Å². The van der Waals surface area contributed by atoms with E-state index in [1.54, 1.807) is 0 Å². The molecule has 0 saturated carbocycles. The highest BCUT2D eigenvalue weighted by Crippen LogP contribution is 2.24. The molecule has 190 valence electrons. The third-order valence-corrected chi connectivity index (χ3v) is 4.30. The van der Waals surface area contributed by atoms with Crippen molar-refractivity contribution in [2.24, 2.45) is 0 Å². The number of carbonyl (C=O) groups excluding carboxylic acids is 2. The zero-order valence-electron chi connectivity index (χ0n) is 18.0. The highest BCUT2D eigenvalue weighted by atomic mass is 19.4. The van der Waals surface area contributed by atoms with Crippen molar-refractivity contribution in [2.45, 2.75) is 25.8 Å². The molecule has 0 aliphatic carbocycles. The van der Waals surface area contributed by atoms with E-state index < -0.39 is 36.0 Å². The van der Waals surface area contributed by atoms with Crippen LogP contribution in [0.3, 0.4) is 0 Å². The number of hydrogen-bond donors (Lipinski definition) is 2. The summed E-state index contributed by atoms with van der Waals surface area (Å²) in [4.78, 5) is 32.3. The van der Waals surface area contributed by atoms with E-state index in [2.05, 4.69) is 30.1 Å². The number of aromatic nitrogens is 2. The summed E-state index contributed by atoms with van der Waals surface area (Å²) >= 11 is 0. The molecule has 0 bridgehead atoms. The van der Waals surface area contributed by atoms with Crippen LogP contribution in [-0.2, 0) is 13.1 Å². The molecule has 36 heavy (non-hydrogen) atoms. The summed E-state index contributed by atoms with van der Waals surface area (Å²) in [6.45, 7) is -0.314. The molecule has 2 aromatic carbocycles. The summed E-state index contributed by atoms with van der Waals surface area (Å²) in [5.74, 6) is -2.37. The highest BCUT2D eigenvalue weighted by Gasteiger charge is 2.31. The van der Waals surface area contributed by atoms with Gasteiger partial charge in [-0.05, 0) is 35.4 Å². The average Bonchev–Trinajstić information content (AvgIpc) is 2.79. The maximum Gasteiger partial charge on any atom is 0.573 e. The predicted molar refractivity (Wildman–Crippen MR) is 111 cm³/mol. The normalized spacial score (nSPS) is 11.5. The highest BCUT2D eigenvalue weighted by molar-refractivity contribution is 5.97. The number of hydrogen-bond acceptors (Lipinski definition) is 6. The summed E-state index contributed by atoms with van der Waals surface area (Å²) in [6.07, 6.45) is -8.77. The summed E-state index contributed by atoms with van der Waals surface area (Å²) in [5.41, 5.74) is 0.236. The first kappa shape index (κ1) is 26.2. The largest absolute Gasteiger partial charge is 0.573 e. The molecule has 3 aromatic rings. The Kier molecular flexibility index (Phi) is 7.96. The molecule has 2 N–H and O–H groups in total. The third-order valence-electron chi connectivity index (χ3n) is 4.30. The van der Waals surface area contributed by atoms with Gasteiger partial charge in [0.1, 0.15) is 29.2 Å². The van der Waals surface area contributed by atoms with Crippen LogP contribution in [0.4, 0.5) is 26.3 Å². The second-order valence-electron chi connectivity index (χ2n) is 7.04. The molecule has 0 atom stereocenters. The van der Waals surface area contributed by atoms with Gasteiger partial charge in [0.15, 0.2) is 0 Å². The molecule has 1 aromatic heterocycles. The van der Waals surface area contributed by atoms with Crippen LogP contribution in [0.15, 0.2) is 60.9 Å². The number of carbonyl (C=O) groups is 2. The first-order valence-corrected chi connectivity index (χ1v) is 9.96. The predicted octanol–water partition coefficient (Wildman–Crippen LogP) is 4.13. The molecular formula is C22H16F6N4O4. The zero-order valence-corrected chi connectivity index (χ0v) is 18.0. The topological polar surface area (TPSA) is 102 Å². The standard InChI is InChI=1S/C22H16F6N4O4/c23-21(24,25)35-15-5-1-3-13(7-15)10-29-19(33)17-9-18(32-12-31-17)20(34)30-11-14-4-2-6-16(8-14)36-22(26,27)28/h1-9,12H,10-11H2,(H,29,33)(H,30,34). The maximum absolute atomic E-state index is 12.4. The van der Waals surface area contributed by atoms with Gasteiger partial charge in [0.25, 0.3) is 11.8 Å².